The lowest BCUT2D eigenvalue weighted by Crippen LogP contribution is -2.10. The highest BCUT2D eigenvalue weighted by molar-refractivity contribution is 9.10. The number of carbonyl (C=O) groups excluding carboxylic acids is 2. The molecule has 5 heteroatoms. The third-order valence-corrected chi connectivity index (χ3v) is 4.83. The number of carbonyl (C=O) groups is 2. The van der Waals surface area contributed by atoms with Crippen LogP contribution in [-0.4, -0.2) is 17.2 Å². The predicted molar refractivity (Wildman–Crippen MR) is 112 cm³/mol. The Kier molecular flexibility index (Phi) is 5.00. The largest absolute Gasteiger partial charge is 0.423 e. The van der Waals surface area contributed by atoms with E-state index in [0.717, 1.165) is 21.7 Å². The molecule has 4 aromatic rings. The van der Waals surface area contributed by atoms with Gasteiger partial charge in [0.2, 0.25) is 0 Å². The molecule has 0 fully saturated rings. The summed E-state index contributed by atoms with van der Waals surface area (Å²) in [5.74, 6) is -0.0995. The van der Waals surface area contributed by atoms with Gasteiger partial charge in [-0.05, 0) is 48.5 Å². The van der Waals surface area contributed by atoms with Crippen LogP contribution in [0.5, 0.6) is 5.75 Å². The number of hydrogen-bond donors (Lipinski definition) is 0. The molecule has 0 atom stereocenters. The summed E-state index contributed by atoms with van der Waals surface area (Å²) in [5, 5.41) is 0.720. The van der Waals surface area contributed by atoms with E-state index < -0.39 is 5.97 Å². The van der Waals surface area contributed by atoms with E-state index in [1.54, 1.807) is 30.3 Å². The third-order valence-electron chi connectivity index (χ3n) is 4.30. The maximum Gasteiger partial charge on any atom is 0.344 e. The maximum absolute atomic E-state index is 12.9. The third kappa shape index (κ3) is 3.70. The fourth-order valence-corrected chi connectivity index (χ4v) is 3.15. The summed E-state index contributed by atoms with van der Waals surface area (Å²) in [7, 11) is 0. The Balaban J connectivity index is 1.76. The molecule has 0 aliphatic carbocycles. The first-order valence-corrected chi connectivity index (χ1v) is 9.36. The molecule has 0 saturated carbocycles. The van der Waals surface area contributed by atoms with Crippen molar-refractivity contribution < 1.29 is 14.3 Å². The van der Waals surface area contributed by atoms with E-state index in [0.29, 0.717) is 28.1 Å². The van der Waals surface area contributed by atoms with Crippen molar-refractivity contribution in [3.05, 3.63) is 94.5 Å². The molecule has 0 N–H and O–H groups in total. The van der Waals surface area contributed by atoms with Crippen molar-refractivity contribution in [3.63, 3.8) is 0 Å². The minimum Gasteiger partial charge on any atom is -0.423 e. The van der Waals surface area contributed by atoms with Gasteiger partial charge in [0.25, 0.3) is 0 Å². The smallest absolute Gasteiger partial charge is 0.344 e. The molecule has 0 unspecified atom stereocenters. The fraction of sp³-hybridized carbons (Fsp3) is 0. The zero-order valence-electron chi connectivity index (χ0n) is 14.6. The molecule has 0 radical (unpaired) electrons. The normalized spacial score (nSPS) is 10.6. The van der Waals surface area contributed by atoms with Crippen molar-refractivity contribution >= 4 is 39.1 Å². The van der Waals surface area contributed by atoms with Gasteiger partial charge < -0.3 is 4.74 Å². The van der Waals surface area contributed by atoms with Crippen LogP contribution in [0.4, 0.5) is 0 Å². The molecular weight excluding hydrogens is 418 g/mol. The zero-order chi connectivity index (χ0) is 19.5. The van der Waals surface area contributed by atoms with Crippen molar-refractivity contribution in [1.29, 1.82) is 0 Å². The topological polar surface area (TPSA) is 56.3 Å². The number of ether oxygens (including phenoxy) is 1. The van der Waals surface area contributed by atoms with Gasteiger partial charge in [-0.25, -0.2) is 9.78 Å². The molecule has 0 amide bonds. The summed E-state index contributed by atoms with van der Waals surface area (Å²) in [5.41, 5.74) is 3.26. The van der Waals surface area contributed by atoms with E-state index in [1.807, 2.05) is 48.5 Å². The molecule has 1 aromatic heterocycles. The second-order valence-corrected chi connectivity index (χ2v) is 7.07. The number of pyridine rings is 1. The number of fused-ring (bicyclic) bond motifs is 1. The van der Waals surface area contributed by atoms with Crippen LogP contribution in [0.15, 0.2) is 83.3 Å². The quantitative estimate of drug-likeness (QED) is 0.236. The first-order chi connectivity index (χ1) is 13.6. The number of halogens is 1. The molecule has 4 rings (SSSR count). The van der Waals surface area contributed by atoms with Crippen LogP contribution in [0.2, 0.25) is 0 Å². The molecule has 0 aliphatic rings. The standard InChI is InChI=1S/C23H14BrNO3/c24-17-9-7-16(8-10-17)22-13-20(19-3-1-2-4-21(19)25-22)23(27)28-18-11-5-15(14-26)6-12-18/h1-14H. The van der Waals surface area contributed by atoms with Gasteiger partial charge in [-0.1, -0.05) is 46.3 Å². The average molecular weight is 432 g/mol. The van der Waals surface area contributed by atoms with Gasteiger partial charge in [-0.2, -0.15) is 0 Å². The van der Waals surface area contributed by atoms with Crippen LogP contribution >= 0.6 is 15.9 Å². The number of aldehydes is 1. The summed E-state index contributed by atoms with van der Waals surface area (Å²) < 4.78 is 6.50. The monoisotopic (exact) mass is 431 g/mol. The van der Waals surface area contributed by atoms with Gasteiger partial charge in [0, 0.05) is 21.0 Å². The fourth-order valence-electron chi connectivity index (χ4n) is 2.89. The van der Waals surface area contributed by atoms with Crippen LogP contribution in [-0.2, 0) is 0 Å². The summed E-state index contributed by atoms with van der Waals surface area (Å²) in [6.45, 7) is 0. The first kappa shape index (κ1) is 18.1. The summed E-state index contributed by atoms with van der Waals surface area (Å²) in [6.07, 6.45) is 0.743. The Bertz CT molecular complexity index is 1170. The van der Waals surface area contributed by atoms with Crippen molar-refractivity contribution in [2.75, 3.05) is 0 Å². The molecule has 1 heterocycles. The zero-order valence-corrected chi connectivity index (χ0v) is 16.2. The average Bonchev–Trinajstić information content (AvgIpc) is 2.74. The Labute approximate surface area is 169 Å². The first-order valence-electron chi connectivity index (χ1n) is 8.57. The van der Waals surface area contributed by atoms with Crippen molar-refractivity contribution in [1.82, 2.24) is 4.98 Å². The molecule has 28 heavy (non-hydrogen) atoms. The summed E-state index contributed by atoms with van der Waals surface area (Å²) in [4.78, 5) is 28.4. The lowest BCUT2D eigenvalue weighted by molar-refractivity contribution is 0.0736. The highest BCUT2D eigenvalue weighted by Gasteiger charge is 2.16. The highest BCUT2D eigenvalue weighted by Crippen LogP contribution is 2.27. The lowest BCUT2D eigenvalue weighted by Gasteiger charge is -2.10. The lowest BCUT2D eigenvalue weighted by atomic mass is 10.0. The van der Waals surface area contributed by atoms with Crippen LogP contribution < -0.4 is 4.74 Å². The second-order valence-electron chi connectivity index (χ2n) is 6.16. The van der Waals surface area contributed by atoms with Crippen molar-refractivity contribution in [2.24, 2.45) is 0 Å². The van der Waals surface area contributed by atoms with Gasteiger partial charge in [0.05, 0.1) is 16.8 Å². The highest BCUT2D eigenvalue weighted by atomic mass is 79.9. The number of benzene rings is 3. The maximum atomic E-state index is 12.9. The number of rotatable bonds is 4. The SMILES string of the molecule is O=Cc1ccc(OC(=O)c2cc(-c3ccc(Br)cc3)nc3ccccc23)cc1. The summed E-state index contributed by atoms with van der Waals surface area (Å²) >= 11 is 3.43. The Hall–Kier alpha value is -3.31. The minimum absolute atomic E-state index is 0.377. The summed E-state index contributed by atoms with van der Waals surface area (Å²) in [6, 6.07) is 23.3. The van der Waals surface area contributed by atoms with E-state index in [-0.39, 0.29) is 0 Å². The van der Waals surface area contributed by atoms with Gasteiger partial charge in [0.1, 0.15) is 12.0 Å². The molecule has 0 bridgehead atoms. The van der Waals surface area contributed by atoms with Gasteiger partial charge >= 0.3 is 5.97 Å². The number of nitrogens with zero attached hydrogens (tertiary/aromatic N) is 1. The second kappa shape index (κ2) is 7.74. The number of hydrogen-bond acceptors (Lipinski definition) is 4. The molecule has 0 spiro atoms. The van der Waals surface area contributed by atoms with Crippen LogP contribution in [0.25, 0.3) is 22.2 Å². The van der Waals surface area contributed by atoms with E-state index in [4.69, 9.17) is 4.74 Å². The predicted octanol–water partition coefficient (Wildman–Crippen LogP) is 5.70. The van der Waals surface area contributed by atoms with Crippen LogP contribution in [0.3, 0.4) is 0 Å². The van der Waals surface area contributed by atoms with E-state index in [2.05, 4.69) is 20.9 Å². The van der Waals surface area contributed by atoms with Gasteiger partial charge in [-0.15, -0.1) is 0 Å². The molecule has 3 aromatic carbocycles. The van der Waals surface area contributed by atoms with Crippen LogP contribution in [0.1, 0.15) is 20.7 Å². The number of aromatic nitrogens is 1. The molecular formula is C23H14BrNO3. The molecule has 0 saturated heterocycles. The molecule has 136 valence electrons. The van der Waals surface area contributed by atoms with Gasteiger partial charge in [0.15, 0.2) is 0 Å². The number of para-hydroxylation sites is 1. The van der Waals surface area contributed by atoms with Gasteiger partial charge in [-0.3, -0.25) is 4.79 Å². The Morgan fingerprint density at radius 2 is 1.64 bits per heavy atom. The Morgan fingerprint density at radius 3 is 2.36 bits per heavy atom. The number of esters is 1. The molecule has 0 aliphatic heterocycles. The minimum atomic E-state index is -0.476. The van der Waals surface area contributed by atoms with E-state index in [1.165, 1.54) is 0 Å². The van der Waals surface area contributed by atoms with E-state index in [9.17, 15) is 9.59 Å². The van der Waals surface area contributed by atoms with Crippen LogP contribution in [0, 0.1) is 0 Å². The molecule has 4 nitrogen and oxygen atoms in total. The Morgan fingerprint density at radius 1 is 0.929 bits per heavy atom. The van der Waals surface area contributed by atoms with E-state index >= 15 is 0 Å². The van der Waals surface area contributed by atoms with Crippen molar-refractivity contribution in [2.45, 2.75) is 0 Å². The van der Waals surface area contributed by atoms with Crippen molar-refractivity contribution in [3.8, 4) is 17.0 Å².